The van der Waals surface area contributed by atoms with E-state index in [2.05, 4.69) is 15.0 Å². The molecule has 0 spiro atoms. The molecule has 3 aliphatic rings. The van der Waals surface area contributed by atoms with Gasteiger partial charge in [-0.2, -0.15) is 4.99 Å². The van der Waals surface area contributed by atoms with Crippen LogP contribution in [0, 0.1) is 5.92 Å². The third-order valence-electron chi connectivity index (χ3n) is 2.95. The highest BCUT2D eigenvalue weighted by Gasteiger charge is 2.31. The van der Waals surface area contributed by atoms with Gasteiger partial charge in [-0.3, -0.25) is 9.79 Å². The second-order valence-electron chi connectivity index (χ2n) is 4.00. The van der Waals surface area contributed by atoms with Crippen LogP contribution in [0.3, 0.4) is 0 Å². The molecular formula is C13H11N3O. The summed E-state index contributed by atoms with van der Waals surface area (Å²) in [6.07, 6.45) is 9.94. The van der Waals surface area contributed by atoms with Gasteiger partial charge >= 0.3 is 0 Å². The van der Waals surface area contributed by atoms with Crippen LogP contribution in [0.2, 0.25) is 0 Å². The SMILES string of the molecule is CCC1=NC(=O)C2=CC=C3N=CC=CC3C2=N1. The Labute approximate surface area is 98.9 Å². The maximum atomic E-state index is 11.8. The Kier molecular flexibility index (Phi) is 2.21. The third-order valence-corrected chi connectivity index (χ3v) is 2.95. The highest BCUT2D eigenvalue weighted by molar-refractivity contribution is 6.31. The van der Waals surface area contributed by atoms with Crippen molar-refractivity contribution in [1.29, 1.82) is 0 Å². The zero-order valence-electron chi connectivity index (χ0n) is 9.42. The van der Waals surface area contributed by atoms with Crippen LogP contribution in [0.15, 0.2) is 50.6 Å². The smallest absolute Gasteiger partial charge is 0.267 e. The molecule has 0 radical (unpaired) electrons. The quantitative estimate of drug-likeness (QED) is 0.672. The zero-order valence-corrected chi connectivity index (χ0v) is 9.42. The molecule has 1 unspecified atom stereocenters. The highest BCUT2D eigenvalue weighted by Crippen LogP contribution is 2.29. The maximum Gasteiger partial charge on any atom is 0.280 e. The fraction of sp³-hybridized carbons (Fsp3) is 0.231. The number of carbonyl (C=O) groups is 1. The molecule has 4 heteroatoms. The number of rotatable bonds is 1. The highest BCUT2D eigenvalue weighted by atomic mass is 16.1. The molecule has 84 valence electrons. The van der Waals surface area contributed by atoms with Gasteiger partial charge in [0, 0.05) is 12.6 Å². The number of aliphatic imine (C=N–C) groups is 3. The van der Waals surface area contributed by atoms with Crippen LogP contribution in [0.4, 0.5) is 0 Å². The summed E-state index contributed by atoms with van der Waals surface area (Å²) in [5.41, 5.74) is 2.31. The van der Waals surface area contributed by atoms with Crippen molar-refractivity contribution in [2.24, 2.45) is 20.9 Å². The molecule has 0 bridgehead atoms. The van der Waals surface area contributed by atoms with Crippen molar-refractivity contribution in [2.75, 3.05) is 0 Å². The average molecular weight is 225 g/mol. The lowest BCUT2D eigenvalue weighted by Crippen LogP contribution is -2.29. The molecule has 1 atom stereocenters. The van der Waals surface area contributed by atoms with E-state index in [1.165, 1.54) is 0 Å². The van der Waals surface area contributed by atoms with Gasteiger partial charge in [-0.05, 0) is 18.2 Å². The van der Waals surface area contributed by atoms with E-state index in [1.807, 2.05) is 25.2 Å². The van der Waals surface area contributed by atoms with Gasteiger partial charge in [0.05, 0.1) is 22.9 Å². The number of carbonyl (C=O) groups excluding carboxylic acids is 1. The summed E-state index contributed by atoms with van der Waals surface area (Å²) < 4.78 is 0. The first-order chi connectivity index (χ1) is 8.29. The molecule has 0 N–H and O–H groups in total. The molecule has 2 aliphatic heterocycles. The van der Waals surface area contributed by atoms with Crippen LogP contribution < -0.4 is 0 Å². The number of hydrogen-bond donors (Lipinski definition) is 0. The molecule has 4 nitrogen and oxygen atoms in total. The fourth-order valence-electron chi connectivity index (χ4n) is 2.08. The number of hydrogen-bond acceptors (Lipinski definition) is 3. The monoisotopic (exact) mass is 225 g/mol. The van der Waals surface area contributed by atoms with E-state index < -0.39 is 0 Å². The summed E-state index contributed by atoms with van der Waals surface area (Å²) in [5, 5.41) is 0. The van der Waals surface area contributed by atoms with E-state index in [-0.39, 0.29) is 11.8 Å². The molecule has 0 aromatic carbocycles. The summed E-state index contributed by atoms with van der Waals surface area (Å²) in [5.74, 6) is 0.414. The largest absolute Gasteiger partial charge is 0.280 e. The van der Waals surface area contributed by atoms with Crippen LogP contribution in [0.5, 0.6) is 0 Å². The van der Waals surface area contributed by atoms with Gasteiger partial charge in [0.2, 0.25) is 0 Å². The number of fused-ring (bicyclic) bond motifs is 3. The molecule has 3 rings (SSSR count). The number of nitrogens with zero attached hydrogens (tertiary/aromatic N) is 3. The van der Waals surface area contributed by atoms with Crippen LogP contribution in [-0.2, 0) is 4.79 Å². The minimum absolute atomic E-state index is 0.000926. The lowest BCUT2D eigenvalue weighted by Gasteiger charge is -2.24. The Morgan fingerprint density at radius 1 is 1.29 bits per heavy atom. The number of amides is 1. The topological polar surface area (TPSA) is 54.1 Å². The Morgan fingerprint density at radius 3 is 3.00 bits per heavy atom. The third kappa shape index (κ3) is 1.53. The van der Waals surface area contributed by atoms with Gasteiger partial charge in [0.15, 0.2) is 0 Å². The standard InChI is InChI=1S/C13H11N3O/c1-2-11-15-12-8-4-3-7-14-10(8)6-5-9(12)13(17)16-11/h3-8H,2H2,1H3. The van der Waals surface area contributed by atoms with E-state index >= 15 is 0 Å². The van der Waals surface area contributed by atoms with Crippen molar-refractivity contribution >= 4 is 23.7 Å². The van der Waals surface area contributed by atoms with Crippen LogP contribution in [0.25, 0.3) is 0 Å². The number of dihydropyridines is 1. The van der Waals surface area contributed by atoms with Crippen molar-refractivity contribution in [1.82, 2.24) is 0 Å². The number of amidine groups is 1. The molecule has 0 saturated heterocycles. The van der Waals surface area contributed by atoms with E-state index in [0.29, 0.717) is 17.8 Å². The Balaban J connectivity index is 2.12. The van der Waals surface area contributed by atoms with Crippen molar-refractivity contribution in [3.05, 3.63) is 35.6 Å². The summed E-state index contributed by atoms with van der Waals surface area (Å²) in [4.78, 5) is 24.6. The predicted octanol–water partition coefficient (Wildman–Crippen LogP) is 1.86. The van der Waals surface area contributed by atoms with Crippen molar-refractivity contribution in [2.45, 2.75) is 13.3 Å². The molecule has 2 heterocycles. The van der Waals surface area contributed by atoms with Gasteiger partial charge in [0.1, 0.15) is 5.84 Å². The predicted molar refractivity (Wildman–Crippen MR) is 67.5 cm³/mol. The summed E-state index contributed by atoms with van der Waals surface area (Å²) >= 11 is 0. The van der Waals surface area contributed by atoms with Gasteiger partial charge < -0.3 is 0 Å². The zero-order chi connectivity index (χ0) is 11.8. The first-order valence-electron chi connectivity index (χ1n) is 5.63. The summed E-state index contributed by atoms with van der Waals surface area (Å²) in [6, 6.07) is 0. The van der Waals surface area contributed by atoms with E-state index in [0.717, 1.165) is 11.4 Å². The van der Waals surface area contributed by atoms with E-state index in [4.69, 9.17) is 0 Å². The van der Waals surface area contributed by atoms with Crippen molar-refractivity contribution < 1.29 is 4.79 Å². The Morgan fingerprint density at radius 2 is 2.18 bits per heavy atom. The van der Waals surface area contributed by atoms with Gasteiger partial charge in [-0.15, -0.1) is 0 Å². The minimum atomic E-state index is -0.190. The minimum Gasteiger partial charge on any atom is -0.267 e. The molecule has 0 aromatic heterocycles. The molecule has 1 aliphatic carbocycles. The first-order valence-corrected chi connectivity index (χ1v) is 5.63. The van der Waals surface area contributed by atoms with Crippen LogP contribution >= 0.6 is 0 Å². The second-order valence-corrected chi connectivity index (χ2v) is 4.00. The first kappa shape index (κ1) is 10.1. The molecule has 0 fully saturated rings. The lowest BCUT2D eigenvalue weighted by molar-refractivity contribution is -0.114. The van der Waals surface area contributed by atoms with E-state index in [1.54, 1.807) is 12.3 Å². The molecule has 17 heavy (non-hydrogen) atoms. The Bertz CT molecular complexity index is 573. The molecule has 0 saturated carbocycles. The Hall–Kier alpha value is -2.10. The normalized spacial score (nSPS) is 25.5. The van der Waals surface area contributed by atoms with Crippen LogP contribution in [0.1, 0.15) is 13.3 Å². The van der Waals surface area contributed by atoms with Gasteiger partial charge in [-0.25, -0.2) is 4.99 Å². The number of allylic oxidation sites excluding steroid dienone is 4. The fourth-order valence-corrected chi connectivity index (χ4v) is 2.08. The van der Waals surface area contributed by atoms with Gasteiger partial charge in [-0.1, -0.05) is 13.0 Å². The second kappa shape index (κ2) is 3.73. The lowest BCUT2D eigenvalue weighted by atomic mass is 9.86. The van der Waals surface area contributed by atoms with E-state index in [9.17, 15) is 4.79 Å². The van der Waals surface area contributed by atoms with Crippen molar-refractivity contribution in [3.8, 4) is 0 Å². The molecular weight excluding hydrogens is 214 g/mol. The van der Waals surface area contributed by atoms with Crippen LogP contribution in [-0.4, -0.2) is 23.7 Å². The van der Waals surface area contributed by atoms with Crippen molar-refractivity contribution in [3.63, 3.8) is 0 Å². The summed E-state index contributed by atoms with van der Waals surface area (Å²) in [7, 11) is 0. The average Bonchev–Trinajstić information content (AvgIpc) is 2.38. The maximum absolute atomic E-state index is 11.8. The summed E-state index contributed by atoms with van der Waals surface area (Å²) in [6.45, 7) is 1.94. The molecule has 0 aromatic rings. The van der Waals surface area contributed by atoms with Gasteiger partial charge in [0.25, 0.3) is 5.91 Å². The molecule has 1 amide bonds.